The Bertz CT molecular complexity index is 721. The summed E-state index contributed by atoms with van der Waals surface area (Å²) in [6.07, 6.45) is 13.8. The molecule has 158 valence electrons. The molecular formula is C23H35N5O. The minimum Gasteiger partial charge on any atom is -0.376 e. The first-order valence-corrected chi connectivity index (χ1v) is 11.0. The molecule has 0 saturated heterocycles. The first-order chi connectivity index (χ1) is 14.3. The van der Waals surface area contributed by atoms with Gasteiger partial charge >= 0.3 is 0 Å². The fourth-order valence-electron chi connectivity index (χ4n) is 3.73. The maximum Gasteiger partial charge on any atom is 0.191 e. The number of hydrogen-bond acceptors (Lipinski definition) is 3. The molecule has 0 unspecified atom stereocenters. The van der Waals surface area contributed by atoms with Crippen molar-refractivity contribution in [3.63, 3.8) is 0 Å². The van der Waals surface area contributed by atoms with Gasteiger partial charge in [-0.1, -0.05) is 49.9 Å². The Morgan fingerprint density at radius 1 is 1.17 bits per heavy atom. The van der Waals surface area contributed by atoms with Crippen LogP contribution in [0.5, 0.6) is 0 Å². The predicted octanol–water partition coefficient (Wildman–Crippen LogP) is 3.73. The zero-order valence-electron chi connectivity index (χ0n) is 17.6. The van der Waals surface area contributed by atoms with Crippen LogP contribution in [0.1, 0.15) is 56.6 Å². The summed E-state index contributed by atoms with van der Waals surface area (Å²) in [5.74, 6) is 0.844. The van der Waals surface area contributed by atoms with Crippen molar-refractivity contribution in [1.29, 1.82) is 0 Å². The van der Waals surface area contributed by atoms with Crippen molar-refractivity contribution >= 4 is 5.96 Å². The predicted molar refractivity (Wildman–Crippen MR) is 118 cm³/mol. The Morgan fingerprint density at radius 2 is 2.00 bits per heavy atom. The van der Waals surface area contributed by atoms with Crippen molar-refractivity contribution in [3.05, 3.63) is 54.1 Å². The van der Waals surface area contributed by atoms with Crippen LogP contribution in [0.25, 0.3) is 0 Å². The Balaban J connectivity index is 1.45. The molecule has 3 rings (SSSR count). The SMILES string of the molecule is CCNC(=NCc1cccc(Cn2ccnc2)c1)NCCOC1CCCCCC1. The van der Waals surface area contributed by atoms with Gasteiger partial charge < -0.3 is 19.9 Å². The number of imidazole rings is 1. The van der Waals surface area contributed by atoms with E-state index in [2.05, 4.69) is 51.4 Å². The van der Waals surface area contributed by atoms with Gasteiger partial charge in [-0.25, -0.2) is 9.98 Å². The summed E-state index contributed by atoms with van der Waals surface area (Å²) in [4.78, 5) is 8.85. The number of ether oxygens (including phenoxy) is 1. The van der Waals surface area contributed by atoms with Gasteiger partial charge in [-0.2, -0.15) is 0 Å². The van der Waals surface area contributed by atoms with Gasteiger partial charge in [0.25, 0.3) is 0 Å². The van der Waals surface area contributed by atoms with E-state index in [-0.39, 0.29) is 0 Å². The molecule has 1 heterocycles. The zero-order chi connectivity index (χ0) is 20.2. The van der Waals surface area contributed by atoms with E-state index in [1.54, 1.807) is 0 Å². The number of benzene rings is 1. The van der Waals surface area contributed by atoms with Crippen molar-refractivity contribution in [2.45, 2.75) is 64.6 Å². The van der Waals surface area contributed by atoms with Crippen LogP contribution in [0.2, 0.25) is 0 Å². The Hall–Kier alpha value is -2.34. The van der Waals surface area contributed by atoms with E-state index in [1.165, 1.54) is 49.7 Å². The van der Waals surface area contributed by atoms with E-state index < -0.39 is 0 Å². The minimum atomic E-state index is 0.442. The normalized spacial score (nSPS) is 15.8. The molecule has 1 aromatic heterocycles. The first kappa shape index (κ1) is 21.4. The zero-order valence-corrected chi connectivity index (χ0v) is 17.6. The number of rotatable bonds is 9. The molecule has 0 radical (unpaired) electrons. The van der Waals surface area contributed by atoms with Gasteiger partial charge in [0, 0.05) is 32.0 Å². The van der Waals surface area contributed by atoms with Crippen LogP contribution >= 0.6 is 0 Å². The summed E-state index contributed by atoms with van der Waals surface area (Å²) in [6.45, 7) is 5.92. The number of nitrogens with one attached hydrogen (secondary N) is 2. The highest BCUT2D eigenvalue weighted by Gasteiger charge is 2.12. The molecule has 1 aliphatic carbocycles. The second kappa shape index (κ2) is 12.3. The van der Waals surface area contributed by atoms with Gasteiger partial charge in [0.1, 0.15) is 0 Å². The monoisotopic (exact) mass is 397 g/mol. The lowest BCUT2D eigenvalue weighted by atomic mass is 10.1. The average Bonchev–Trinajstić information content (AvgIpc) is 3.10. The van der Waals surface area contributed by atoms with Crippen LogP contribution in [-0.4, -0.2) is 41.3 Å². The van der Waals surface area contributed by atoms with Crippen molar-refractivity contribution < 1.29 is 4.74 Å². The quantitative estimate of drug-likeness (QED) is 0.293. The third-order valence-electron chi connectivity index (χ3n) is 5.23. The van der Waals surface area contributed by atoms with E-state index >= 15 is 0 Å². The molecule has 1 fully saturated rings. The highest BCUT2D eigenvalue weighted by Crippen LogP contribution is 2.19. The maximum absolute atomic E-state index is 6.07. The standard InChI is InChI=1S/C23H35N5O/c1-2-25-23(26-13-15-29-22-10-5-3-4-6-11-22)27-17-20-8-7-9-21(16-20)18-28-14-12-24-19-28/h7-9,12,14,16,19,22H,2-6,10-11,13,15,17-18H2,1H3,(H2,25,26,27). The molecule has 0 atom stereocenters. The van der Waals surface area contributed by atoms with Crippen molar-refractivity contribution in [2.75, 3.05) is 19.7 Å². The molecule has 1 aliphatic rings. The van der Waals surface area contributed by atoms with Crippen LogP contribution in [0.15, 0.2) is 48.0 Å². The highest BCUT2D eigenvalue weighted by atomic mass is 16.5. The molecule has 0 spiro atoms. The second-order valence-electron chi connectivity index (χ2n) is 7.66. The molecule has 0 amide bonds. The highest BCUT2D eigenvalue weighted by molar-refractivity contribution is 5.79. The van der Waals surface area contributed by atoms with Crippen molar-refractivity contribution in [1.82, 2.24) is 20.2 Å². The summed E-state index contributed by atoms with van der Waals surface area (Å²) in [6, 6.07) is 8.57. The molecule has 29 heavy (non-hydrogen) atoms. The molecule has 6 heteroatoms. The van der Waals surface area contributed by atoms with E-state index in [1.807, 2.05) is 18.7 Å². The lowest BCUT2D eigenvalue weighted by Gasteiger charge is -2.16. The number of nitrogens with zero attached hydrogens (tertiary/aromatic N) is 3. The summed E-state index contributed by atoms with van der Waals surface area (Å²) < 4.78 is 8.14. The molecule has 6 nitrogen and oxygen atoms in total. The van der Waals surface area contributed by atoms with Gasteiger partial charge in [-0.3, -0.25) is 0 Å². The Labute approximate surface area is 174 Å². The molecule has 0 aliphatic heterocycles. The molecule has 1 saturated carbocycles. The van der Waals surface area contributed by atoms with Crippen LogP contribution < -0.4 is 10.6 Å². The fourth-order valence-corrected chi connectivity index (χ4v) is 3.73. The molecular weight excluding hydrogens is 362 g/mol. The lowest BCUT2D eigenvalue weighted by molar-refractivity contribution is 0.0468. The molecule has 2 N–H and O–H groups in total. The van der Waals surface area contributed by atoms with Crippen LogP contribution in [0.4, 0.5) is 0 Å². The third-order valence-corrected chi connectivity index (χ3v) is 5.23. The largest absolute Gasteiger partial charge is 0.376 e. The molecule has 1 aromatic carbocycles. The van der Waals surface area contributed by atoms with Crippen LogP contribution in [0.3, 0.4) is 0 Å². The van der Waals surface area contributed by atoms with Crippen molar-refractivity contribution in [2.24, 2.45) is 4.99 Å². The minimum absolute atomic E-state index is 0.442. The van der Waals surface area contributed by atoms with Gasteiger partial charge in [0.05, 0.1) is 25.6 Å². The third kappa shape index (κ3) is 7.89. The van der Waals surface area contributed by atoms with E-state index in [0.717, 1.165) is 32.2 Å². The topological polar surface area (TPSA) is 63.5 Å². The number of hydrogen-bond donors (Lipinski definition) is 2. The number of guanidine groups is 1. The lowest BCUT2D eigenvalue weighted by Crippen LogP contribution is -2.39. The van der Waals surface area contributed by atoms with Crippen LogP contribution in [0, 0.1) is 0 Å². The smallest absolute Gasteiger partial charge is 0.191 e. The summed E-state index contributed by atoms with van der Waals surface area (Å²) in [5, 5.41) is 6.72. The summed E-state index contributed by atoms with van der Waals surface area (Å²) in [5.41, 5.74) is 2.46. The van der Waals surface area contributed by atoms with Gasteiger partial charge in [0.2, 0.25) is 0 Å². The maximum atomic E-state index is 6.07. The first-order valence-electron chi connectivity index (χ1n) is 11.0. The Kier molecular flexibility index (Phi) is 9.04. The van der Waals surface area contributed by atoms with E-state index in [4.69, 9.17) is 9.73 Å². The molecule has 0 bridgehead atoms. The summed E-state index contributed by atoms with van der Waals surface area (Å²) in [7, 11) is 0. The number of aromatic nitrogens is 2. The van der Waals surface area contributed by atoms with Gasteiger partial charge in [-0.15, -0.1) is 0 Å². The van der Waals surface area contributed by atoms with Crippen molar-refractivity contribution in [3.8, 4) is 0 Å². The van der Waals surface area contributed by atoms with E-state index in [9.17, 15) is 0 Å². The molecule has 2 aromatic rings. The Morgan fingerprint density at radius 3 is 2.76 bits per heavy atom. The van der Waals surface area contributed by atoms with Gasteiger partial charge in [0.15, 0.2) is 5.96 Å². The average molecular weight is 398 g/mol. The second-order valence-corrected chi connectivity index (χ2v) is 7.66. The summed E-state index contributed by atoms with van der Waals surface area (Å²) >= 11 is 0. The van der Waals surface area contributed by atoms with Crippen LogP contribution in [-0.2, 0) is 17.8 Å². The van der Waals surface area contributed by atoms with E-state index in [0.29, 0.717) is 12.6 Å². The van der Waals surface area contributed by atoms with Gasteiger partial charge in [-0.05, 0) is 30.9 Å². The fraction of sp³-hybridized carbons (Fsp3) is 0.565. The number of aliphatic imine (C=N–C) groups is 1.